The van der Waals surface area contributed by atoms with Crippen molar-refractivity contribution in [3.05, 3.63) is 34.3 Å². The number of halogens is 1. The molecule has 2 atom stereocenters. The number of nitrogens with one attached hydrogen (secondary N) is 1. The zero-order chi connectivity index (χ0) is 15.1. The lowest BCUT2D eigenvalue weighted by Crippen LogP contribution is -2.35. The average molecular weight is 355 g/mol. The molecule has 0 saturated carbocycles. The number of aliphatic hydroxyl groups excluding tert-OH is 1. The van der Waals surface area contributed by atoms with Gasteiger partial charge in [0.25, 0.3) is 0 Å². The normalized spacial score (nSPS) is 20.8. The lowest BCUT2D eigenvalue weighted by atomic mass is 10.0. The maximum absolute atomic E-state index is 9.44. The molecule has 1 aliphatic heterocycles. The van der Waals surface area contributed by atoms with Crippen LogP contribution in [0.25, 0.3) is 0 Å². The molecule has 0 spiro atoms. The van der Waals surface area contributed by atoms with Crippen molar-refractivity contribution in [3.63, 3.8) is 0 Å². The van der Waals surface area contributed by atoms with Crippen LogP contribution in [0.3, 0.4) is 0 Å². The van der Waals surface area contributed by atoms with Crippen LogP contribution in [0.15, 0.2) is 28.7 Å². The first kappa shape index (κ1) is 16.9. The summed E-state index contributed by atoms with van der Waals surface area (Å²) in [5.74, 6) is 0. The molecule has 118 valence electrons. The van der Waals surface area contributed by atoms with Gasteiger partial charge < -0.3 is 10.4 Å². The molecule has 2 N–H and O–H groups in total. The molecular weight excluding hydrogens is 328 g/mol. The highest BCUT2D eigenvalue weighted by Crippen LogP contribution is 2.27. The van der Waals surface area contributed by atoms with Crippen LogP contribution in [0.2, 0.25) is 0 Å². The van der Waals surface area contributed by atoms with E-state index in [1.807, 2.05) is 0 Å². The third-order valence-corrected chi connectivity index (χ3v) is 5.06. The van der Waals surface area contributed by atoms with Gasteiger partial charge in [0.2, 0.25) is 0 Å². The summed E-state index contributed by atoms with van der Waals surface area (Å²) in [4.78, 5) is 2.44. The molecule has 1 aromatic rings. The number of benzene rings is 1. The molecule has 0 aliphatic carbocycles. The van der Waals surface area contributed by atoms with Crippen LogP contribution in [-0.4, -0.2) is 42.3 Å². The first-order valence-electron chi connectivity index (χ1n) is 8.09. The van der Waals surface area contributed by atoms with E-state index in [-0.39, 0.29) is 0 Å². The van der Waals surface area contributed by atoms with Crippen LogP contribution in [0.1, 0.15) is 44.2 Å². The minimum atomic E-state index is 0.294. The Morgan fingerprint density at radius 3 is 2.95 bits per heavy atom. The molecule has 1 fully saturated rings. The van der Waals surface area contributed by atoms with Gasteiger partial charge in [0.15, 0.2) is 0 Å². The summed E-state index contributed by atoms with van der Waals surface area (Å²) in [5, 5.41) is 13.1. The van der Waals surface area contributed by atoms with Gasteiger partial charge >= 0.3 is 0 Å². The summed E-state index contributed by atoms with van der Waals surface area (Å²) >= 11 is 3.67. The first-order valence-corrected chi connectivity index (χ1v) is 8.88. The highest BCUT2D eigenvalue weighted by Gasteiger charge is 2.24. The average Bonchev–Trinajstić information content (AvgIpc) is 2.96. The molecule has 0 radical (unpaired) electrons. The van der Waals surface area contributed by atoms with Gasteiger partial charge in [-0.15, -0.1) is 0 Å². The third kappa shape index (κ3) is 4.78. The van der Waals surface area contributed by atoms with Crippen LogP contribution in [0.4, 0.5) is 0 Å². The fraction of sp³-hybridized carbons (Fsp3) is 0.647. The van der Waals surface area contributed by atoms with Crippen LogP contribution >= 0.6 is 15.9 Å². The van der Waals surface area contributed by atoms with Crippen LogP contribution in [0.5, 0.6) is 0 Å². The van der Waals surface area contributed by atoms with Crippen molar-refractivity contribution >= 4 is 15.9 Å². The smallest absolute Gasteiger partial charge is 0.0586 e. The van der Waals surface area contributed by atoms with E-state index in [0.717, 1.165) is 38.9 Å². The molecule has 1 heterocycles. The zero-order valence-corrected chi connectivity index (χ0v) is 14.5. The number of hydrogen-bond acceptors (Lipinski definition) is 3. The number of rotatable bonds is 8. The molecule has 1 aliphatic rings. The van der Waals surface area contributed by atoms with Crippen molar-refractivity contribution in [1.29, 1.82) is 0 Å². The van der Waals surface area contributed by atoms with E-state index in [1.54, 1.807) is 0 Å². The predicted octanol–water partition coefficient (Wildman–Crippen LogP) is 3.34. The molecular formula is C17H27BrN2O. The summed E-state index contributed by atoms with van der Waals surface area (Å²) in [6.45, 7) is 5.71. The molecule has 0 aromatic heterocycles. The Labute approximate surface area is 136 Å². The van der Waals surface area contributed by atoms with Crippen LogP contribution < -0.4 is 5.32 Å². The van der Waals surface area contributed by atoms with Crippen molar-refractivity contribution in [3.8, 4) is 0 Å². The molecule has 1 saturated heterocycles. The highest BCUT2D eigenvalue weighted by molar-refractivity contribution is 9.10. The SMILES string of the molecule is CCCNC(CCN1CCCC1CO)c1ccccc1Br. The maximum Gasteiger partial charge on any atom is 0.0586 e. The van der Waals surface area contributed by atoms with E-state index >= 15 is 0 Å². The van der Waals surface area contributed by atoms with Crippen LogP contribution in [0, 0.1) is 0 Å². The van der Waals surface area contributed by atoms with Gasteiger partial charge in [0.05, 0.1) is 6.61 Å². The van der Waals surface area contributed by atoms with Gasteiger partial charge in [-0.3, -0.25) is 4.90 Å². The van der Waals surface area contributed by atoms with Crippen molar-refractivity contribution in [2.75, 3.05) is 26.2 Å². The van der Waals surface area contributed by atoms with Crippen molar-refractivity contribution < 1.29 is 5.11 Å². The van der Waals surface area contributed by atoms with E-state index in [9.17, 15) is 5.11 Å². The number of aliphatic hydroxyl groups is 1. The summed E-state index contributed by atoms with van der Waals surface area (Å²) in [5.41, 5.74) is 1.34. The Morgan fingerprint density at radius 2 is 2.24 bits per heavy atom. The lowest BCUT2D eigenvalue weighted by Gasteiger charge is -2.26. The van der Waals surface area contributed by atoms with Crippen molar-refractivity contribution in [2.45, 2.75) is 44.7 Å². The van der Waals surface area contributed by atoms with E-state index in [1.165, 1.54) is 16.5 Å². The molecule has 2 unspecified atom stereocenters. The van der Waals surface area contributed by atoms with E-state index < -0.39 is 0 Å². The Bertz CT molecular complexity index is 427. The molecule has 3 nitrogen and oxygen atoms in total. The Morgan fingerprint density at radius 1 is 1.43 bits per heavy atom. The molecule has 2 rings (SSSR count). The minimum Gasteiger partial charge on any atom is -0.395 e. The molecule has 0 amide bonds. The van der Waals surface area contributed by atoms with Gasteiger partial charge in [-0.1, -0.05) is 41.1 Å². The number of nitrogens with zero attached hydrogens (tertiary/aromatic N) is 1. The standard InChI is InChI=1S/C17H27BrN2O/c1-2-10-19-17(15-7-3-4-8-16(15)18)9-12-20-11-5-6-14(20)13-21/h3-4,7-8,14,17,19,21H,2,5-6,9-13H2,1H3. The van der Waals surface area contributed by atoms with Gasteiger partial charge in [0.1, 0.15) is 0 Å². The van der Waals surface area contributed by atoms with Gasteiger partial charge in [-0.2, -0.15) is 0 Å². The third-order valence-electron chi connectivity index (χ3n) is 4.34. The molecule has 4 heteroatoms. The van der Waals surface area contributed by atoms with E-state index in [4.69, 9.17) is 0 Å². The minimum absolute atomic E-state index is 0.294. The summed E-state index contributed by atoms with van der Waals surface area (Å²) in [6.07, 6.45) is 4.58. The van der Waals surface area contributed by atoms with Gasteiger partial charge in [-0.05, 0) is 50.4 Å². The second-order valence-electron chi connectivity index (χ2n) is 5.83. The van der Waals surface area contributed by atoms with Crippen molar-refractivity contribution in [1.82, 2.24) is 10.2 Å². The quantitative estimate of drug-likeness (QED) is 0.751. The predicted molar refractivity (Wildman–Crippen MR) is 91.5 cm³/mol. The fourth-order valence-corrected chi connectivity index (χ4v) is 3.70. The Hall–Kier alpha value is -0.420. The largest absolute Gasteiger partial charge is 0.395 e. The number of hydrogen-bond donors (Lipinski definition) is 2. The monoisotopic (exact) mass is 354 g/mol. The van der Waals surface area contributed by atoms with Gasteiger partial charge in [0, 0.05) is 23.1 Å². The zero-order valence-electron chi connectivity index (χ0n) is 12.9. The maximum atomic E-state index is 9.44. The summed E-state index contributed by atoms with van der Waals surface area (Å²) in [7, 11) is 0. The Balaban J connectivity index is 1.98. The fourth-order valence-electron chi connectivity index (χ4n) is 3.13. The second kappa shape index (κ2) is 8.89. The van der Waals surface area contributed by atoms with Crippen LogP contribution in [-0.2, 0) is 0 Å². The first-order chi connectivity index (χ1) is 10.3. The summed E-state index contributed by atoms with van der Waals surface area (Å²) in [6, 6.07) is 9.23. The highest BCUT2D eigenvalue weighted by atomic mass is 79.9. The van der Waals surface area contributed by atoms with Gasteiger partial charge in [-0.25, -0.2) is 0 Å². The number of likely N-dealkylation sites (tertiary alicyclic amines) is 1. The lowest BCUT2D eigenvalue weighted by molar-refractivity contribution is 0.154. The van der Waals surface area contributed by atoms with E-state index in [2.05, 4.69) is 57.3 Å². The molecule has 0 bridgehead atoms. The van der Waals surface area contributed by atoms with Crippen molar-refractivity contribution in [2.24, 2.45) is 0 Å². The topological polar surface area (TPSA) is 35.5 Å². The second-order valence-corrected chi connectivity index (χ2v) is 6.69. The Kier molecular flexibility index (Phi) is 7.17. The molecule has 1 aromatic carbocycles. The molecule has 21 heavy (non-hydrogen) atoms. The van der Waals surface area contributed by atoms with E-state index in [0.29, 0.717) is 18.7 Å². The summed E-state index contributed by atoms with van der Waals surface area (Å²) < 4.78 is 1.18.